The van der Waals surface area contributed by atoms with Crippen molar-refractivity contribution in [3.63, 3.8) is 0 Å². The second-order valence-electron chi connectivity index (χ2n) is 4.00. The van der Waals surface area contributed by atoms with E-state index in [1.165, 1.54) is 0 Å². The van der Waals surface area contributed by atoms with Gasteiger partial charge in [0.2, 0.25) is 0 Å². The Balaban J connectivity index is 3.82. The van der Waals surface area contributed by atoms with Crippen LogP contribution in [0.4, 0.5) is 0 Å². The van der Waals surface area contributed by atoms with Gasteiger partial charge in [-0.2, -0.15) is 0 Å². The van der Waals surface area contributed by atoms with Gasteiger partial charge in [0.1, 0.15) is 5.54 Å². The lowest BCUT2D eigenvalue weighted by Crippen LogP contribution is -2.43. The first-order valence-electron chi connectivity index (χ1n) is 4.87. The van der Waals surface area contributed by atoms with Crippen LogP contribution in [0.3, 0.4) is 0 Å². The molecule has 2 N–H and O–H groups in total. The fraction of sp³-hybridized carbons (Fsp3) is 0.900. The van der Waals surface area contributed by atoms with Gasteiger partial charge in [-0.25, -0.2) is 0 Å². The monoisotopic (exact) mass is 187 g/mol. The van der Waals surface area contributed by atoms with Crippen molar-refractivity contribution in [2.75, 3.05) is 6.61 Å². The van der Waals surface area contributed by atoms with E-state index in [4.69, 9.17) is 10.5 Å². The Morgan fingerprint density at radius 2 is 1.85 bits per heavy atom. The van der Waals surface area contributed by atoms with Crippen LogP contribution in [-0.2, 0) is 9.53 Å². The van der Waals surface area contributed by atoms with Crippen LogP contribution in [-0.4, -0.2) is 18.1 Å². The average molecular weight is 187 g/mol. The van der Waals surface area contributed by atoms with Gasteiger partial charge in [0.15, 0.2) is 0 Å². The summed E-state index contributed by atoms with van der Waals surface area (Å²) in [5.74, 6) is 0.144. The summed E-state index contributed by atoms with van der Waals surface area (Å²) in [6.07, 6.45) is 2.07. The van der Waals surface area contributed by atoms with E-state index in [2.05, 4.69) is 13.8 Å². The summed E-state index contributed by atoms with van der Waals surface area (Å²) in [5, 5.41) is 0. The van der Waals surface area contributed by atoms with Crippen molar-refractivity contribution in [1.82, 2.24) is 0 Å². The molecule has 0 atom stereocenters. The number of ether oxygens (including phenoxy) is 1. The smallest absolute Gasteiger partial charge is 0.325 e. The van der Waals surface area contributed by atoms with Gasteiger partial charge in [-0.15, -0.1) is 0 Å². The Morgan fingerprint density at radius 1 is 1.38 bits per heavy atom. The molecule has 0 aliphatic rings. The molecule has 0 spiro atoms. The largest absolute Gasteiger partial charge is 0.464 e. The van der Waals surface area contributed by atoms with Crippen molar-refractivity contribution >= 4 is 5.97 Å². The summed E-state index contributed by atoms with van der Waals surface area (Å²) in [6, 6.07) is 0. The first-order chi connectivity index (χ1) is 5.91. The molecule has 0 unspecified atom stereocenters. The number of esters is 1. The third kappa shape index (κ3) is 4.88. The summed E-state index contributed by atoms with van der Waals surface area (Å²) >= 11 is 0. The van der Waals surface area contributed by atoms with Crippen LogP contribution in [0.1, 0.15) is 40.5 Å². The fourth-order valence-corrected chi connectivity index (χ4v) is 0.904. The zero-order valence-electron chi connectivity index (χ0n) is 9.09. The summed E-state index contributed by atoms with van der Waals surface area (Å²) in [6.45, 7) is 7.99. The van der Waals surface area contributed by atoms with E-state index in [0.717, 1.165) is 12.8 Å². The van der Waals surface area contributed by atoms with E-state index >= 15 is 0 Å². The molecule has 0 aromatic heterocycles. The predicted octanol–water partition coefficient (Wildman–Crippen LogP) is 1.70. The second-order valence-corrected chi connectivity index (χ2v) is 4.00. The van der Waals surface area contributed by atoms with Crippen LogP contribution in [0.15, 0.2) is 0 Å². The summed E-state index contributed by atoms with van der Waals surface area (Å²) < 4.78 is 5.09. The third-order valence-corrected chi connectivity index (χ3v) is 2.13. The molecule has 0 aliphatic carbocycles. The molecule has 78 valence electrons. The lowest BCUT2D eigenvalue weighted by Gasteiger charge is -2.19. The highest BCUT2D eigenvalue weighted by Crippen LogP contribution is 2.09. The van der Waals surface area contributed by atoms with Crippen LogP contribution < -0.4 is 5.73 Å². The van der Waals surface area contributed by atoms with Crippen LogP contribution in [0.2, 0.25) is 0 Å². The van der Waals surface area contributed by atoms with Gasteiger partial charge in [-0.1, -0.05) is 26.7 Å². The molecule has 3 nitrogen and oxygen atoms in total. The van der Waals surface area contributed by atoms with E-state index in [9.17, 15) is 4.79 Å². The van der Waals surface area contributed by atoms with E-state index < -0.39 is 5.54 Å². The Hall–Kier alpha value is -0.570. The van der Waals surface area contributed by atoms with Gasteiger partial charge >= 0.3 is 5.97 Å². The maximum absolute atomic E-state index is 11.3. The standard InChI is InChI=1S/C10H21NO2/c1-5-8(6-2)7-13-9(12)10(3,4)11/h8H,5-7,11H2,1-4H3. The maximum atomic E-state index is 11.3. The maximum Gasteiger partial charge on any atom is 0.325 e. The highest BCUT2D eigenvalue weighted by molar-refractivity contribution is 5.79. The van der Waals surface area contributed by atoms with E-state index in [0.29, 0.717) is 12.5 Å². The number of hydrogen-bond acceptors (Lipinski definition) is 3. The molecule has 0 radical (unpaired) electrons. The van der Waals surface area contributed by atoms with Crippen LogP contribution in [0.5, 0.6) is 0 Å². The second kappa shape index (κ2) is 5.22. The van der Waals surface area contributed by atoms with Crippen LogP contribution in [0, 0.1) is 5.92 Å². The van der Waals surface area contributed by atoms with Crippen molar-refractivity contribution in [3.05, 3.63) is 0 Å². The zero-order chi connectivity index (χ0) is 10.5. The van der Waals surface area contributed by atoms with Gasteiger partial charge in [-0.05, 0) is 19.8 Å². The molecular formula is C10H21NO2. The van der Waals surface area contributed by atoms with Gasteiger partial charge < -0.3 is 10.5 Å². The minimum atomic E-state index is -0.869. The summed E-state index contributed by atoms with van der Waals surface area (Å²) in [7, 11) is 0. The number of carbonyl (C=O) groups excluding carboxylic acids is 1. The summed E-state index contributed by atoms with van der Waals surface area (Å²) in [5.41, 5.74) is 4.70. The van der Waals surface area contributed by atoms with Crippen LogP contribution in [0.25, 0.3) is 0 Å². The Kier molecular flexibility index (Phi) is 4.99. The molecule has 13 heavy (non-hydrogen) atoms. The SMILES string of the molecule is CCC(CC)COC(=O)C(C)(C)N. The van der Waals surface area contributed by atoms with Gasteiger partial charge in [0.05, 0.1) is 6.61 Å². The van der Waals surface area contributed by atoms with Crippen molar-refractivity contribution < 1.29 is 9.53 Å². The minimum absolute atomic E-state index is 0.320. The first-order valence-corrected chi connectivity index (χ1v) is 4.87. The fourth-order valence-electron chi connectivity index (χ4n) is 0.904. The molecular weight excluding hydrogens is 166 g/mol. The first kappa shape index (κ1) is 12.4. The molecule has 0 rings (SSSR count). The Bertz CT molecular complexity index is 157. The van der Waals surface area contributed by atoms with E-state index in [1.54, 1.807) is 13.8 Å². The number of nitrogens with two attached hydrogens (primary N) is 1. The van der Waals surface area contributed by atoms with Crippen molar-refractivity contribution in [2.24, 2.45) is 11.7 Å². The van der Waals surface area contributed by atoms with Gasteiger partial charge in [0.25, 0.3) is 0 Å². The molecule has 0 bridgehead atoms. The zero-order valence-corrected chi connectivity index (χ0v) is 9.09. The number of hydrogen-bond donors (Lipinski definition) is 1. The van der Waals surface area contributed by atoms with Crippen molar-refractivity contribution in [2.45, 2.75) is 46.1 Å². The lowest BCUT2D eigenvalue weighted by atomic mass is 10.0. The molecule has 0 aromatic rings. The minimum Gasteiger partial charge on any atom is -0.464 e. The van der Waals surface area contributed by atoms with Gasteiger partial charge in [0, 0.05) is 0 Å². The molecule has 0 aliphatic heterocycles. The number of rotatable bonds is 5. The highest BCUT2D eigenvalue weighted by Gasteiger charge is 2.24. The van der Waals surface area contributed by atoms with Gasteiger partial charge in [-0.3, -0.25) is 4.79 Å². The van der Waals surface area contributed by atoms with Crippen molar-refractivity contribution in [1.29, 1.82) is 0 Å². The van der Waals surface area contributed by atoms with E-state index in [-0.39, 0.29) is 5.97 Å². The topological polar surface area (TPSA) is 52.3 Å². The Morgan fingerprint density at radius 3 is 2.15 bits per heavy atom. The third-order valence-electron chi connectivity index (χ3n) is 2.13. The summed E-state index contributed by atoms with van der Waals surface area (Å²) in [4.78, 5) is 11.3. The highest BCUT2D eigenvalue weighted by atomic mass is 16.5. The van der Waals surface area contributed by atoms with Crippen molar-refractivity contribution in [3.8, 4) is 0 Å². The normalized spacial score (nSPS) is 11.8. The predicted molar refractivity (Wildman–Crippen MR) is 53.3 cm³/mol. The molecule has 0 heterocycles. The molecule has 0 fully saturated rings. The molecule has 0 aromatic carbocycles. The lowest BCUT2D eigenvalue weighted by molar-refractivity contribution is -0.150. The molecule has 0 amide bonds. The van der Waals surface area contributed by atoms with Crippen LogP contribution >= 0.6 is 0 Å². The number of carbonyl (C=O) groups is 1. The quantitative estimate of drug-likeness (QED) is 0.666. The molecule has 3 heteroatoms. The van der Waals surface area contributed by atoms with E-state index in [1.807, 2.05) is 0 Å². The Labute approximate surface area is 80.6 Å². The molecule has 0 saturated carbocycles. The average Bonchev–Trinajstić information content (AvgIpc) is 2.04. The molecule has 0 saturated heterocycles.